The number of benzene rings is 1. The lowest BCUT2D eigenvalue weighted by Gasteiger charge is -2.10. The molecule has 2 heterocycles. The zero-order valence-electron chi connectivity index (χ0n) is 14.0. The van der Waals surface area contributed by atoms with E-state index >= 15 is 0 Å². The lowest BCUT2D eigenvalue weighted by atomic mass is 10.2. The van der Waals surface area contributed by atoms with E-state index in [0.29, 0.717) is 23.3 Å². The number of para-hydroxylation sites is 1. The van der Waals surface area contributed by atoms with Gasteiger partial charge in [0.15, 0.2) is 5.82 Å². The molecular weight excluding hydrogens is 342 g/mol. The number of methoxy groups -OCH3 is 1. The minimum atomic E-state index is -0.0812. The van der Waals surface area contributed by atoms with Crippen LogP contribution in [0, 0.1) is 0 Å². The molecule has 1 saturated heterocycles. The van der Waals surface area contributed by atoms with Crippen LogP contribution in [-0.2, 0) is 9.53 Å². The highest BCUT2D eigenvalue weighted by Crippen LogP contribution is 2.29. The Labute approximate surface area is 150 Å². The van der Waals surface area contributed by atoms with Gasteiger partial charge in [0.25, 0.3) is 0 Å². The highest BCUT2D eigenvalue weighted by Gasteiger charge is 2.18. The SMILES string of the molecule is COc1ccccc1-c1nnc(SCC(=O)NC[C@@H]2CCCO2)n1N. The van der Waals surface area contributed by atoms with Crippen molar-refractivity contribution < 1.29 is 14.3 Å². The average molecular weight is 363 g/mol. The summed E-state index contributed by atoms with van der Waals surface area (Å²) in [5, 5.41) is 11.5. The summed E-state index contributed by atoms with van der Waals surface area (Å²) in [6.07, 6.45) is 2.17. The van der Waals surface area contributed by atoms with Gasteiger partial charge in [0.1, 0.15) is 5.75 Å². The molecule has 1 amide bonds. The average Bonchev–Trinajstić information content (AvgIpc) is 3.28. The first-order chi connectivity index (χ1) is 12.2. The Hall–Kier alpha value is -2.26. The largest absolute Gasteiger partial charge is 0.496 e. The van der Waals surface area contributed by atoms with Crippen molar-refractivity contribution in [1.29, 1.82) is 0 Å². The number of aromatic nitrogens is 3. The van der Waals surface area contributed by atoms with Crippen molar-refractivity contribution in [2.45, 2.75) is 24.1 Å². The summed E-state index contributed by atoms with van der Waals surface area (Å²) in [6, 6.07) is 7.43. The Balaban J connectivity index is 1.58. The molecular formula is C16H21N5O3S. The molecule has 0 aliphatic carbocycles. The number of hydrogen-bond acceptors (Lipinski definition) is 7. The smallest absolute Gasteiger partial charge is 0.230 e. The van der Waals surface area contributed by atoms with E-state index in [0.717, 1.165) is 25.0 Å². The molecule has 0 unspecified atom stereocenters. The maximum absolute atomic E-state index is 12.0. The van der Waals surface area contributed by atoms with Gasteiger partial charge in [-0.25, -0.2) is 4.68 Å². The van der Waals surface area contributed by atoms with Crippen LogP contribution >= 0.6 is 11.8 Å². The van der Waals surface area contributed by atoms with Crippen molar-refractivity contribution in [2.75, 3.05) is 31.9 Å². The third kappa shape index (κ3) is 4.23. The van der Waals surface area contributed by atoms with E-state index in [1.54, 1.807) is 7.11 Å². The predicted molar refractivity (Wildman–Crippen MR) is 94.9 cm³/mol. The number of amides is 1. The topological polar surface area (TPSA) is 104 Å². The summed E-state index contributed by atoms with van der Waals surface area (Å²) in [7, 11) is 1.59. The van der Waals surface area contributed by atoms with Crippen molar-refractivity contribution in [1.82, 2.24) is 20.2 Å². The fraction of sp³-hybridized carbons (Fsp3) is 0.438. The van der Waals surface area contributed by atoms with E-state index in [-0.39, 0.29) is 17.8 Å². The van der Waals surface area contributed by atoms with Gasteiger partial charge in [0.2, 0.25) is 11.1 Å². The van der Waals surface area contributed by atoms with Crippen LogP contribution in [0.5, 0.6) is 5.75 Å². The maximum atomic E-state index is 12.0. The molecule has 1 fully saturated rings. The molecule has 1 aromatic carbocycles. The van der Waals surface area contributed by atoms with Crippen LogP contribution < -0.4 is 15.9 Å². The van der Waals surface area contributed by atoms with E-state index in [1.165, 1.54) is 16.4 Å². The van der Waals surface area contributed by atoms with Crippen molar-refractivity contribution in [3.8, 4) is 17.1 Å². The second-order valence-electron chi connectivity index (χ2n) is 5.60. The molecule has 134 valence electrons. The molecule has 25 heavy (non-hydrogen) atoms. The number of rotatable bonds is 7. The minimum absolute atomic E-state index is 0.0812. The van der Waals surface area contributed by atoms with Crippen LogP contribution in [0.25, 0.3) is 11.4 Å². The lowest BCUT2D eigenvalue weighted by molar-refractivity contribution is -0.119. The molecule has 3 rings (SSSR count). The van der Waals surface area contributed by atoms with Crippen LogP contribution in [-0.4, -0.2) is 52.9 Å². The maximum Gasteiger partial charge on any atom is 0.230 e. The van der Waals surface area contributed by atoms with Gasteiger partial charge in [-0.15, -0.1) is 10.2 Å². The first-order valence-corrected chi connectivity index (χ1v) is 9.02. The van der Waals surface area contributed by atoms with Crippen LogP contribution in [0.2, 0.25) is 0 Å². The van der Waals surface area contributed by atoms with Crippen molar-refractivity contribution in [3.05, 3.63) is 24.3 Å². The van der Waals surface area contributed by atoms with E-state index in [2.05, 4.69) is 15.5 Å². The molecule has 0 bridgehead atoms. The summed E-state index contributed by atoms with van der Waals surface area (Å²) < 4.78 is 12.2. The molecule has 0 spiro atoms. The number of nitrogens with zero attached hydrogens (tertiary/aromatic N) is 3. The van der Waals surface area contributed by atoms with Gasteiger partial charge >= 0.3 is 0 Å². The summed E-state index contributed by atoms with van der Waals surface area (Å²) in [6.45, 7) is 1.32. The Bertz CT molecular complexity index is 730. The van der Waals surface area contributed by atoms with Gasteiger partial charge < -0.3 is 20.6 Å². The van der Waals surface area contributed by atoms with Gasteiger partial charge in [-0.2, -0.15) is 0 Å². The molecule has 1 aliphatic heterocycles. The summed E-state index contributed by atoms with van der Waals surface area (Å²) in [5.74, 6) is 7.36. The minimum Gasteiger partial charge on any atom is -0.496 e. The number of thioether (sulfide) groups is 1. The lowest BCUT2D eigenvalue weighted by Crippen LogP contribution is -2.33. The van der Waals surface area contributed by atoms with Gasteiger partial charge in [-0.1, -0.05) is 23.9 Å². The first kappa shape index (κ1) is 17.6. The predicted octanol–water partition coefficient (Wildman–Crippen LogP) is 1.05. The zero-order valence-corrected chi connectivity index (χ0v) is 14.8. The van der Waals surface area contributed by atoms with Crippen molar-refractivity contribution >= 4 is 17.7 Å². The monoisotopic (exact) mass is 363 g/mol. The molecule has 3 N–H and O–H groups in total. The number of nitrogens with two attached hydrogens (primary N) is 1. The highest BCUT2D eigenvalue weighted by atomic mass is 32.2. The van der Waals surface area contributed by atoms with E-state index in [4.69, 9.17) is 15.3 Å². The van der Waals surface area contributed by atoms with Crippen molar-refractivity contribution in [2.24, 2.45) is 0 Å². The summed E-state index contributed by atoms with van der Waals surface area (Å²) in [4.78, 5) is 12.0. The van der Waals surface area contributed by atoms with Crippen LogP contribution in [0.4, 0.5) is 0 Å². The van der Waals surface area contributed by atoms with E-state index in [1.807, 2.05) is 24.3 Å². The van der Waals surface area contributed by atoms with Crippen LogP contribution in [0.15, 0.2) is 29.4 Å². The number of nitrogen functional groups attached to an aromatic ring is 1. The van der Waals surface area contributed by atoms with Gasteiger partial charge in [0, 0.05) is 13.2 Å². The zero-order chi connectivity index (χ0) is 17.6. The summed E-state index contributed by atoms with van der Waals surface area (Å²) >= 11 is 1.24. The third-order valence-corrected chi connectivity index (χ3v) is 4.84. The van der Waals surface area contributed by atoms with Crippen LogP contribution in [0.1, 0.15) is 12.8 Å². The first-order valence-electron chi connectivity index (χ1n) is 8.04. The third-order valence-electron chi connectivity index (χ3n) is 3.90. The fourth-order valence-electron chi connectivity index (χ4n) is 2.60. The molecule has 9 heteroatoms. The van der Waals surface area contributed by atoms with Gasteiger partial charge in [-0.05, 0) is 25.0 Å². The van der Waals surface area contributed by atoms with E-state index in [9.17, 15) is 4.79 Å². The number of carbonyl (C=O) groups excluding carboxylic acids is 1. The Kier molecular flexibility index (Phi) is 5.77. The standard InChI is InChI=1S/C16H21N5O3S/c1-23-13-7-3-2-6-12(13)15-19-20-16(21(15)17)25-10-14(22)18-9-11-5-4-8-24-11/h2-3,6-7,11H,4-5,8-10,17H2,1H3,(H,18,22)/t11-/m0/s1. The molecule has 0 saturated carbocycles. The quantitative estimate of drug-likeness (QED) is 0.560. The molecule has 0 radical (unpaired) electrons. The Morgan fingerprint density at radius 2 is 2.32 bits per heavy atom. The second-order valence-corrected chi connectivity index (χ2v) is 6.55. The number of hydrogen-bond donors (Lipinski definition) is 2. The molecule has 1 aromatic heterocycles. The van der Waals surface area contributed by atoms with Crippen LogP contribution in [0.3, 0.4) is 0 Å². The molecule has 1 atom stereocenters. The summed E-state index contributed by atoms with van der Waals surface area (Å²) in [5.41, 5.74) is 0.745. The normalized spacial score (nSPS) is 16.8. The number of carbonyl (C=O) groups is 1. The molecule has 8 nitrogen and oxygen atoms in total. The molecule has 2 aromatic rings. The molecule has 1 aliphatic rings. The number of nitrogens with one attached hydrogen (secondary N) is 1. The second kappa shape index (κ2) is 8.21. The van der Waals surface area contributed by atoms with E-state index < -0.39 is 0 Å². The Morgan fingerprint density at radius 1 is 1.48 bits per heavy atom. The van der Waals surface area contributed by atoms with Crippen molar-refractivity contribution in [3.63, 3.8) is 0 Å². The fourth-order valence-corrected chi connectivity index (χ4v) is 3.29. The number of ether oxygens (including phenoxy) is 2. The Morgan fingerprint density at radius 3 is 3.08 bits per heavy atom. The van der Waals surface area contributed by atoms with Gasteiger partial charge in [-0.3, -0.25) is 4.79 Å². The highest BCUT2D eigenvalue weighted by molar-refractivity contribution is 7.99. The van der Waals surface area contributed by atoms with Gasteiger partial charge in [0.05, 0.1) is 24.5 Å².